The predicted octanol–water partition coefficient (Wildman–Crippen LogP) is 2.75. The molecule has 148 valence electrons. The van der Waals surface area contributed by atoms with Gasteiger partial charge in [0.25, 0.3) is 5.91 Å². The Hall–Kier alpha value is -2.54. The van der Waals surface area contributed by atoms with E-state index in [9.17, 15) is 19.8 Å². The van der Waals surface area contributed by atoms with E-state index in [1.165, 1.54) is 18.1 Å². The summed E-state index contributed by atoms with van der Waals surface area (Å²) >= 11 is 0. The number of aliphatic hydroxyl groups is 1. The third-order valence-corrected chi connectivity index (χ3v) is 4.37. The van der Waals surface area contributed by atoms with Gasteiger partial charge in [-0.1, -0.05) is 26.8 Å². The number of carbonyl (C=O) groups is 2. The summed E-state index contributed by atoms with van der Waals surface area (Å²) < 4.78 is 10.5. The minimum atomic E-state index is -0.779. The standard InChI is InChI=1S/C20H27NO6/c1-6-27-14-11-12(7-8-13(14)22)16-15(18(24)20(2,3)4)17(23)19(25)21(16)9-10-26-5/h7-8,11,16,22-23H,6,9-10H2,1-5H3. The van der Waals surface area contributed by atoms with Crippen LogP contribution < -0.4 is 4.74 Å². The summed E-state index contributed by atoms with van der Waals surface area (Å²) in [6.07, 6.45) is 0. The highest BCUT2D eigenvalue weighted by Gasteiger charge is 2.45. The van der Waals surface area contributed by atoms with Gasteiger partial charge in [-0.2, -0.15) is 0 Å². The lowest BCUT2D eigenvalue weighted by molar-refractivity contribution is -0.130. The van der Waals surface area contributed by atoms with Crippen molar-refractivity contribution in [3.8, 4) is 11.5 Å². The summed E-state index contributed by atoms with van der Waals surface area (Å²) in [5, 5.41) is 20.4. The lowest BCUT2D eigenvalue weighted by Gasteiger charge is -2.29. The van der Waals surface area contributed by atoms with Crippen LogP contribution in [0.3, 0.4) is 0 Å². The van der Waals surface area contributed by atoms with Gasteiger partial charge in [-0.15, -0.1) is 0 Å². The van der Waals surface area contributed by atoms with Crippen LogP contribution in [0.2, 0.25) is 0 Å². The molecule has 0 saturated heterocycles. The summed E-state index contributed by atoms with van der Waals surface area (Å²) in [4.78, 5) is 27.0. The Morgan fingerprint density at radius 1 is 1.26 bits per heavy atom. The highest BCUT2D eigenvalue weighted by molar-refractivity contribution is 6.10. The monoisotopic (exact) mass is 377 g/mol. The van der Waals surface area contributed by atoms with Crippen molar-refractivity contribution >= 4 is 11.7 Å². The molecule has 1 aromatic rings. The van der Waals surface area contributed by atoms with Crippen molar-refractivity contribution in [2.75, 3.05) is 26.9 Å². The second kappa shape index (κ2) is 8.00. The molecule has 1 aromatic carbocycles. The van der Waals surface area contributed by atoms with Crippen LogP contribution in [0.15, 0.2) is 29.5 Å². The summed E-state index contributed by atoms with van der Waals surface area (Å²) in [7, 11) is 1.51. The van der Waals surface area contributed by atoms with Crippen LogP contribution in [0.5, 0.6) is 11.5 Å². The van der Waals surface area contributed by atoms with E-state index in [-0.39, 0.29) is 36.0 Å². The molecule has 1 aliphatic rings. The molecule has 1 aliphatic heterocycles. The highest BCUT2D eigenvalue weighted by atomic mass is 16.5. The summed E-state index contributed by atoms with van der Waals surface area (Å²) in [6, 6.07) is 3.88. The third kappa shape index (κ3) is 4.08. The molecule has 0 radical (unpaired) electrons. The summed E-state index contributed by atoms with van der Waals surface area (Å²) in [5.41, 5.74) is -0.159. The van der Waals surface area contributed by atoms with Gasteiger partial charge in [0, 0.05) is 19.1 Å². The number of nitrogens with zero attached hydrogens (tertiary/aromatic N) is 1. The molecule has 0 aromatic heterocycles. The van der Waals surface area contributed by atoms with E-state index >= 15 is 0 Å². The van der Waals surface area contributed by atoms with Crippen LogP contribution in [0.25, 0.3) is 0 Å². The van der Waals surface area contributed by atoms with Crippen LogP contribution in [-0.2, 0) is 14.3 Å². The number of ketones is 1. The number of hydrogen-bond acceptors (Lipinski definition) is 6. The van der Waals surface area contributed by atoms with Crippen LogP contribution in [0.4, 0.5) is 0 Å². The maximum absolute atomic E-state index is 13.0. The minimum absolute atomic E-state index is 0.0368. The first-order chi connectivity index (χ1) is 12.6. The van der Waals surface area contributed by atoms with Crippen molar-refractivity contribution in [1.82, 2.24) is 4.90 Å². The molecule has 0 saturated carbocycles. The van der Waals surface area contributed by atoms with Gasteiger partial charge in [-0.05, 0) is 24.6 Å². The molecule has 0 spiro atoms. The van der Waals surface area contributed by atoms with Gasteiger partial charge in [-0.25, -0.2) is 0 Å². The molecule has 0 fully saturated rings. The molecule has 27 heavy (non-hydrogen) atoms. The van der Waals surface area contributed by atoms with E-state index in [0.717, 1.165) is 0 Å². The van der Waals surface area contributed by atoms with Gasteiger partial charge in [0.15, 0.2) is 23.0 Å². The fourth-order valence-electron chi connectivity index (χ4n) is 3.03. The number of Topliss-reactive ketones (excluding diaryl/α,β-unsaturated/α-hetero) is 1. The van der Waals surface area contributed by atoms with Crippen LogP contribution in [0.1, 0.15) is 39.3 Å². The van der Waals surface area contributed by atoms with E-state index < -0.39 is 23.1 Å². The zero-order valence-electron chi connectivity index (χ0n) is 16.4. The number of benzene rings is 1. The Bertz CT molecular complexity index is 762. The molecule has 0 aliphatic carbocycles. The Kier molecular flexibility index (Phi) is 6.15. The van der Waals surface area contributed by atoms with Crippen molar-refractivity contribution in [1.29, 1.82) is 0 Å². The Labute approximate surface area is 159 Å². The van der Waals surface area contributed by atoms with E-state index in [1.807, 2.05) is 0 Å². The van der Waals surface area contributed by atoms with E-state index in [1.54, 1.807) is 39.8 Å². The lowest BCUT2D eigenvalue weighted by Crippen LogP contribution is -2.35. The third-order valence-electron chi connectivity index (χ3n) is 4.37. The number of aliphatic hydroxyl groups excluding tert-OH is 1. The number of phenolic OH excluding ortho intramolecular Hbond substituents is 1. The number of carbonyl (C=O) groups excluding carboxylic acids is 2. The number of methoxy groups -OCH3 is 1. The second-order valence-electron chi connectivity index (χ2n) is 7.40. The molecule has 2 rings (SSSR count). The molecule has 1 amide bonds. The maximum Gasteiger partial charge on any atom is 0.290 e. The first-order valence-corrected chi connectivity index (χ1v) is 8.87. The fraction of sp³-hybridized carbons (Fsp3) is 0.500. The molecule has 7 heteroatoms. The highest BCUT2D eigenvalue weighted by Crippen LogP contribution is 2.42. The zero-order chi connectivity index (χ0) is 20.4. The number of phenols is 1. The van der Waals surface area contributed by atoms with E-state index in [4.69, 9.17) is 9.47 Å². The van der Waals surface area contributed by atoms with Crippen molar-refractivity contribution < 1.29 is 29.3 Å². The number of aromatic hydroxyl groups is 1. The first kappa shape index (κ1) is 20.8. The second-order valence-corrected chi connectivity index (χ2v) is 7.40. The van der Waals surface area contributed by atoms with Gasteiger partial charge >= 0.3 is 0 Å². The van der Waals surface area contributed by atoms with E-state index in [0.29, 0.717) is 12.2 Å². The number of rotatable bonds is 7. The largest absolute Gasteiger partial charge is 0.504 e. The fourth-order valence-corrected chi connectivity index (χ4v) is 3.03. The molecular weight excluding hydrogens is 350 g/mol. The van der Waals surface area contributed by atoms with Gasteiger partial charge in [0.1, 0.15) is 0 Å². The normalized spacial score (nSPS) is 17.6. The molecule has 2 N–H and O–H groups in total. The Morgan fingerprint density at radius 2 is 1.93 bits per heavy atom. The van der Waals surface area contributed by atoms with E-state index in [2.05, 4.69) is 0 Å². The average molecular weight is 377 g/mol. The van der Waals surface area contributed by atoms with Crippen LogP contribution in [-0.4, -0.2) is 53.7 Å². The van der Waals surface area contributed by atoms with Gasteiger partial charge < -0.3 is 24.6 Å². The molecule has 1 unspecified atom stereocenters. The van der Waals surface area contributed by atoms with Crippen LogP contribution in [0, 0.1) is 5.41 Å². The zero-order valence-corrected chi connectivity index (χ0v) is 16.4. The van der Waals surface area contributed by atoms with Gasteiger partial charge in [0.2, 0.25) is 0 Å². The number of amides is 1. The molecule has 1 atom stereocenters. The first-order valence-electron chi connectivity index (χ1n) is 8.87. The van der Waals surface area contributed by atoms with Crippen molar-refractivity contribution in [3.63, 3.8) is 0 Å². The van der Waals surface area contributed by atoms with Gasteiger partial charge in [-0.3, -0.25) is 9.59 Å². The molecule has 7 nitrogen and oxygen atoms in total. The quantitative estimate of drug-likeness (QED) is 0.758. The molecule has 1 heterocycles. The Balaban J connectivity index is 2.59. The number of hydrogen-bond donors (Lipinski definition) is 2. The van der Waals surface area contributed by atoms with Crippen LogP contribution >= 0.6 is 0 Å². The average Bonchev–Trinajstić information content (AvgIpc) is 2.85. The smallest absolute Gasteiger partial charge is 0.290 e. The minimum Gasteiger partial charge on any atom is -0.504 e. The van der Waals surface area contributed by atoms with Gasteiger partial charge in [0.05, 0.1) is 24.8 Å². The maximum atomic E-state index is 13.0. The topological polar surface area (TPSA) is 96.3 Å². The van der Waals surface area contributed by atoms with Crippen molar-refractivity contribution in [2.45, 2.75) is 33.7 Å². The van der Waals surface area contributed by atoms with Crippen molar-refractivity contribution in [3.05, 3.63) is 35.1 Å². The lowest BCUT2D eigenvalue weighted by atomic mass is 9.82. The summed E-state index contributed by atoms with van der Waals surface area (Å²) in [5.74, 6) is -1.25. The molecular formula is C20H27NO6. The predicted molar refractivity (Wildman–Crippen MR) is 99.7 cm³/mol. The SMILES string of the molecule is CCOc1cc(C2C(C(=O)C(C)(C)C)=C(O)C(=O)N2CCOC)ccc1O. The molecule has 0 bridgehead atoms. The van der Waals surface area contributed by atoms with Crippen molar-refractivity contribution in [2.24, 2.45) is 5.41 Å². The Morgan fingerprint density at radius 3 is 2.48 bits per heavy atom. The summed E-state index contributed by atoms with van der Waals surface area (Å²) in [6.45, 7) is 7.80. The number of ether oxygens (including phenoxy) is 2.